The van der Waals surface area contributed by atoms with E-state index in [9.17, 15) is 9.36 Å². The Labute approximate surface area is 196 Å². The molecule has 0 radical (unpaired) electrons. The standard InChI is InChI=1S/C26H32N3O3P/c1-18-11-10-14-20(15-18)22-17-27-23(21(28-22)16-19-12-8-7-9-13-19)29-24(33(5,6)31)25(30)32-26(2,3)4/h7-15,17,24H,16H2,1-6H3,(H,27,29). The van der Waals surface area contributed by atoms with Crippen molar-refractivity contribution in [2.75, 3.05) is 18.6 Å². The third-order valence-electron chi connectivity index (χ3n) is 4.90. The average molecular weight is 466 g/mol. The Morgan fingerprint density at radius 1 is 1.09 bits per heavy atom. The molecule has 1 atom stereocenters. The van der Waals surface area contributed by atoms with E-state index in [4.69, 9.17) is 9.72 Å². The number of esters is 1. The van der Waals surface area contributed by atoms with Crippen molar-refractivity contribution < 1.29 is 14.1 Å². The topological polar surface area (TPSA) is 81.2 Å². The predicted octanol–water partition coefficient (Wildman–Crippen LogP) is 5.75. The largest absolute Gasteiger partial charge is 0.458 e. The summed E-state index contributed by atoms with van der Waals surface area (Å²) in [6.07, 6.45) is 2.18. The molecule has 0 bridgehead atoms. The second-order valence-electron chi connectivity index (χ2n) is 9.60. The lowest BCUT2D eigenvalue weighted by Gasteiger charge is -2.27. The molecule has 174 valence electrons. The predicted molar refractivity (Wildman–Crippen MR) is 134 cm³/mol. The molecular weight excluding hydrogens is 433 g/mol. The molecule has 0 aliphatic carbocycles. The van der Waals surface area contributed by atoms with Gasteiger partial charge in [0.1, 0.15) is 18.6 Å². The van der Waals surface area contributed by atoms with Crippen LogP contribution in [0.15, 0.2) is 60.8 Å². The number of nitrogens with zero attached hydrogens (tertiary/aromatic N) is 2. The van der Waals surface area contributed by atoms with Crippen molar-refractivity contribution in [1.82, 2.24) is 9.97 Å². The van der Waals surface area contributed by atoms with E-state index in [0.717, 1.165) is 22.4 Å². The molecule has 2 aromatic carbocycles. The maximum atomic E-state index is 13.0. The first kappa shape index (κ1) is 24.7. The van der Waals surface area contributed by atoms with E-state index in [1.54, 1.807) is 40.3 Å². The van der Waals surface area contributed by atoms with E-state index in [2.05, 4.69) is 16.4 Å². The molecule has 0 amide bonds. The number of carbonyl (C=O) groups excluding carboxylic acids is 1. The van der Waals surface area contributed by atoms with E-state index >= 15 is 0 Å². The second kappa shape index (κ2) is 9.88. The average Bonchev–Trinajstić information content (AvgIpc) is 2.71. The van der Waals surface area contributed by atoms with Crippen molar-refractivity contribution >= 4 is 18.9 Å². The molecule has 0 spiro atoms. The summed E-state index contributed by atoms with van der Waals surface area (Å²) in [5.74, 6) is -1.16. The van der Waals surface area contributed by atoms with Gasteiger partial charge < -0.3 is 14.6 Å². The van der Waals surface area contributed by atoms with Crippen LogP contribution in [0, 0.1) is 6.92 Å². The fraction of sp³-hybridized carbons (Fsp3) is 0.346. The Morgan fingerprint density at radius 2 is 1.79 bits per heavy atom. The fourth-order valence-electron chi connectivity index (χ4n) is 3.36. The summed E-state index contributed by atoms with van der Waals surface area (Å²) >= 11 is 0. The Hall–Kier alpha value is -2.98. The van der Waals surface area contributed by atoms with Crippen LogP contribution in [-0.4, -0.2) is 40.7 Å². The number of ether oxygens (including phenoxy) is 1. The number of nitrogens with one attached hydrogen (secondary N) is 1. The van der Waals surface area contributed by atoms with Crippen molar-refractivity contribution in [3.63, 3.8) is 0 Å². The van der Waals surface area contributed by atoms with Crippen LogP contribution in [-0.2, 0) is 20.5 Å². The number of hydrogen-bond acceptors (Lipinski definition) is 6. The zero-order valence-electron chi connectivity index (χ0n) is 20.1. The highest BCUT2D eigenvalue weighted by molar-refractivity contribution is 7.64. The number of aromatic nitrogens is 2. The highest BCUT2D eigenvalue weighted by atomic mass is 31.2. The molecule has 3 aromatic rings. The van der Waals surface area contributed by atoms with Gasteiger partial charge in [-0.2, -0.15) is 0 Å². The van der Waals surface area contributed by atoms with Gasteiger partial charge in [0.15, 0.2) is 5.78 Å². The van der Waals surface area contributed by atoms with Gasteiger partial charge in [0.2, 0.25) is 0 Å². The fourth-order valence-corrected chi connectivity index (χ4v) is 4.35. The van der Waals surface area contributed by atoms with Gasteiger partial charge in [-0.25, -0.2) is 14.8 Å². The number of hydrogen-bond donors (Lipinski definition) is 1. The third kappa shape index (κ3) is 7.00. The van der Waals surface area contributed by atoms with Crippen LogP contribution in [0.5, 0.6) is 0 Å². The highest BCUT2D eigenvalue weighted by Gasteiger charge is 2.35. The van der Waals surface area contributed by atoms with Crippen molar-refractivity contribution in [1.29, 1.82) is 0 Å². The smallest absolute Gasteiger partial charge is 0.336 e. The molecule has 3 rings (SSSR count). The van der Waals surface area contributed by atoms with Crippen molar-refractivity contribution in [2.45, 2.75) is 45.5 Å². The quantitative estimate of drug-likeness (QED) is 0.354. The molecule has 0 aliphatic rings. The Bertz CT molecular complexity index is 1170. The molecule has 1 aromatic heterocycles. The van der Waals surface area contributed by atoms with Crippen molar-refractivity contribution in [2.24, 2.45) is 0 Å². The van der Waals surface area contributed by atoms with E-state index in [1.165, 1.54) is 0 Å². The van der Waals surface area contributed by atoms with Gasteiger partial charge in [-0.15, -0.1) is 0 Å². The van der Waals surface area contributed by atoms with E-state index in [0.29, 0.717) is 17.9 Å². The molecular formula is C26H32N3O3P. The van der Waals surface area contributed by atoms with E-state index in [-0.39, 0.29) is 0 Å². The molecule has 7 heteroatoms. The first-order valence-corrected chi connectivity index (χ1v) is 13.6. The first-order valence-electron chi connectivity index (χ1n) is 10.9. The minimum Gasteiger partial charge on any atom is -0.458 e. The summed E-state index contributed by atoms with van der Waals surface area (Å²) in [6, 6.07) is 18.0. The number of anilines is 1. The maximum Gasteiger partial charge on any atom is 0.336 e. The summed E-state index contributed by atoms with van der Waals surface area (Å²) in [5.41, 5.74) is 3.86. The lowest BCUT2D eigenvalue weighted by molar-refractivity contribution is -0.153. The molecule has 0 saturated carbocycles. The molecule has 1 heterocycles. The molecule has 0 aliphatic heterocycles. The molecule has 33 heavy (non-hydrogen) atoms. The van der Waals surface area contributed by atoms with Gasteiger partial charge in [-0.3, -0.25) is 0 Å². The Kier molecular flexibility index (Phi) is 7.38. The minimum absolute atomic E-state index is 0.426. The van der Waals surface area contributed by atoms with Gasteiger partial charge in [-0.05, 0) is 52.7 Å². The summed E-state index contributed by atoms with van der Waals surface area (Å²) in [7, 11) is -2.92. The number of aryl methyl sites for hydroxylation is 1. The van der Waals surface area contributed by atoms with Crippen molar-refractivity contribution in [3.8, 4) is 11.3 Å². The summed E-state index contributed by atoms with van der Waals surface area (Å²) < 4.78 is 18.6. The first-order chi connectivity index (χ1) is 15.4. The molecule has 6 nitrogen and oxygen atoms in total. The van der Waals surface area contributed by atoms with E-state index in [1.807, 2.05) is 55.5 Å². The minimum atomic E-state index is -2.92. The lowest BCUT2D eigenvalue weighted by atomic mass is 10.1. The van der Waals surface area contributed by atoms with Crippen LogP contribution in [0.25, 0.3) is 11.3 Å². The van der Waals surface area contributed by atoms with Crippen LogP contribution in [0.2, 0.25) is 0 Å². The van der Waals surface area contributed by atoms with Crippen LogP contribution < -0.4 is 5.32 Å². The molecule has 0 fully saturated rings. The highest BCUT2D eigenvalue weighted by Crippen LogP contribution is 2.44. The number of benzene rings is 2. The van der Waals surface area contributed by atoms with Gasteiger partial charge >= 0.3 is 5.97 Å². The molecule has 1 unspecified atom stereocenters. The normalized spacial score (nSPS) is 12.8. The second-order valence-corrected chi connectivity index (χ2v) is 13.0. The lowest BCUT2D eigenvalue weighted by Crippen LogP contribution is -2.36. The summed E-state index contributed by atoms with van der Waals surface area (Å²) in [4.78, 5) is 22.4. The summed E-state index contributed by atoms with van der Waals surface area (Å²) in [6.45, 7) is 10.5. The van der Waals surface area contributed by atoms with Crippen LogP contribution in [0.3, 0.4) is 0 Å². The van der Waals surface area contributed by atoms with Gasteiger partial charge in [0, 0.05) is 12.0 Å². The zero-order valence-corrected chi connectivity index (χ0v) is 21.0. The van der Waals surface area contributed by atoms with Gasteiger partial charge in [-0.1, -0.05) is 54.1 Å². The van der Waals surface area contributed by atoms with Crippen LogP contribution >= 0.6 is 7.14 Å². The van der Waals surface area contributed by atoms with Gasteiger partial charge in [0.05, 0.1) is 17.6 Å². The van der Waals surface area contributed by atoms with Crippen molar-refractivity contribution in [3.05, 3.63) is 77.6 Å². The SMILES string of the molecule is Cc1cccc(-c2cnc(NC(C(=O)OC(C)(C)C)P(C)(C)=O)c(Cc3ccccc3)n2)c1. The number of rotatable bonds is 7. The van der Waals surface area contributed by atoms with Crippen LogP contribution in [0.4, 0.5) is 5.82 Å². The molecule has 0 saturated heterocycles. The summed E-state index contributed by atoms with van der Waals surface area (Å²) in [5, 5.41) is 3.11. The van der Waals surface area contributed by atoms with Crippen LogP contribution in [0.1, 0.15) is 37.6 Å². The zero-order chi connectivity index (χ0) is 24.2. The Balaban J connectivity index is 2.03. The molecule has 1 N–H and O–H groups in total. The Morgan fingerprint density at radius 3 is 2.39 bits per heavy atom. The monoisotopic (exact) mass is 465 g/mol. The van der Waals surface area contributed by atoms with E-state index < -0.39 is 24.5 Å². The number of carbonyl (C=O) groups is 1. The third-order valence-corrected chi connectivity index (χ3v) is 6.48. The van der Waals surface area contributed by atoms with Gasteiger partial charge in [0.25, 0.3) is 0 Å². The maximum absolute atomic E-state index is 13.0.